The molecule has 4 heteroatoms. The third kappa shape index (κ3) is 2.88. The van der Waals surface area contributed by atoms with Gasteiger partial charge in [0.1, 0.15) is 6.04 Å². The van der Waals surface area contributed by atoms with E-state index in [2.05, 4.69) is 11.6 Å². The molecule has 0 amide bonds. The van der Waals surface area contributed by atoms with Gasteiger partial charge < -0.3 is 10.4 Å². The van der Waals surface area contributed by atoms with Gasteiger partial charge in [-0.25, -0.2) is 0 Å². The maximum absolute atomic E-state index is 11.1. The van der Waals surface area contributed by atoms with Crippen molar-refractivity contribution >= 4 is 17.7 Å². The molecule has 0 heterocycles. The van der Waals surface area contributed by atoms with E-state index in [-0.39, 0.29) is 6.04 Å². The number of carboxylic acid groups (broad SMARTS) is 1. The topological polar surface area (TPSA) is 49.3 Å². The molecule has 0 aromatic heterocycles. The Labute approximate surface area is 95.0 Å². The van der Waals surface area contributed by atoms with E-state index in [1.807, 2.05) is 11.8 Å². The number of carboxylic acids is 1. The lowest BCUT2D eigenvalue weighted by Crippen LogP contribution is -2.43. The van der Waals surface area contributed by atoms with Crippen molar-refractivity contribution < 1.29 is 9.90 Å². The van der Waals surface area contributed by atoms with Crippen LogP contribution in [0.5, 0.6) is 0 Å². The first kappa shape index (κ1) is 11.3. The highest BCUT2D eigenvalue weighted by Crippen LogP contribution is 2.35. The third-order valence-corrected chi connectivity index (χ3v) is 4.59. The lowest BCUT2D eigenvalue weighted by molar-refractivity contribution is -0.140. The molecule has 0 bridgehead atoms. The van der Waals surface area contributed by atoms with Crippen LogP contribution in [0.3, 0.4) is 0 Å². The molecule has 0 aromatic carbocycles. The van der Waals surface area contributed by atoms with Crippen molar-refractivity contribution in [3.05, 3.63) is 0 Å². The van der Waals surface area contributed by atoms with E-state index >= 15 is 0 Å². The Kier molecular flexibility index (Phi) is 3.57. The zero-order valence-electron chi connectivity index (χ0n) is 9.11. The van der Waals surface area contributed by atoms with E-state index < -0.39 is 5.97 Å². The van der Waals surface area contributed by atoms with E-state index in [1.165, 1.54) is 6.42 Å². The first-order chi connectivity index (χ1) is 7.20. The minimum atomic E-state index is -0.662. The second kappa shape index (κ2) is 4.74. The zero-order valence-corrected chi connectivity index (χ0v) is 9.93. The van der Waals surface area contributed by atoms with Crippen LogP contribution < -0.4 is 5.32 Å². The Morgan fingerprint density at radius 3 is 2.60 bits per heavy atom. The molecule has 2 rings (SSSR count). The van der Waals surface area contributed by atoms with Crippen LogP contribution in [0, 0.1) is 5.92 Å². The summed E-state index contributed by atoms with van der Waals surface area (Å²) >= 11 is 1.91. The molecule has 0 radical (unpaired) electrons. The number of hydrogen-bond acceptors (Lipinski definition) is 3. The number of thioether (sulfide) groups is 1. The number of rotatable bonds is 5. The van der Waals surface area contributed by atoms with Gasteiger partial charge in [-0.2, -0.15) is 11.8 Å². The van der Waals surface area contributed by atoms with Crippen LogP contribution in [0.2, 0.25) is 0 Å². The molecule has 0 aliphatic heterocycles. The first-order valence-electron chi connectivity index (χ1n) is 5.72. The second-order valence-electron chi connectivity index (χ2n) is 4.69. The van der Waals surface area contributed by atoms with Crippen molar-refractivity contribution in [3.63, 3.8) is 0 Å². The summed E-state index contributed by atoms with van der Waals surface area (Å²) in [7, 11) is 0. The highest BCUT2D eigenvalue weighted by Gasteiger charge is 2.38. The third-order valence-electron chi connectivity index (χ3n) is 3.49. The van der Waals surface area contributed by atoms with Crippen molar-refractivity contribution in [2.45, 2.75) is 49.4 Å². The quantitative estimate of drug-likeness (QED) is 0.753. The van der Waals surface area contributed by atoms with E-state index in [0.29, 0.717) is 12.0 Å². The van der Waals surface area contributed by atoms with Gasteiger partial charge in [0.2, 0.25) is 0 Å². The molecule has 0 saturated heterocycles. The normalized spacial score (nSPS) is 32.9. The first-order valence-corrected chi connectivity index (χ1v) is 7.01. The van der Waals surface area contributed by atoms with Crippen molar-refractivity contribution in [3.8, 4) is 0 Å². The fourth-order valence-corrected chi connectivity index (χ4v) is 3.19. The number of hydrogen-bond donors (Lipinski definition) is 2. The average molecular weight is 229 g/mol. The molecular formula is C11H19NO2S. The van der Waals surface area contributed by atoms with E-state index in [4.69, 9.17) is 5.11 Å². The molecule has 2 saturated carbocycles. The average Bonchev–Trinajstić information content (AvgIpc) is 2.94. The zero-order chi connectivity index (χ0) is 10.8. The molecular weight excluding hydrogens is 210 g/mol. The van der Waals surface area contributed by atoms with E-state index in [9.17, 15) is 4.79 Å². The molecule has 15 heavy (non-hydrogen) atoms. The highest BCUT2D eigenvalue weighted by atomic mass is 32.2. The van der Waals surface area contributed by atoms with Gasteiger partial charge in [-0.05, 0) is 44.3 Å². The van der Waals surface area contributed by atoms with Crippen LogP contribution in [0.15, 0.2) is 0 Å². The predicted molar refractivity (Wildman–Crippen MR) is 62.2 cm³/mol. The number of nitrogens with one attached hydrogen (secondary N) is 1. The molecule has 86 valence electrons. The summed E-state index contributed by atoms with van der Waals surface area (Å²) in [6, 6.07) is 0.153. The smallest absolute Gasteiger partial charge is 0.320 e. The molecule has 2 aliphatic carbocycles. The largest absolute Gasteiger partial charge is 0.480 e. The second-order valence-corrected chi connectivity index (χ2v) is 5.83. The number of aliphatic carboxylic acids is 1. The Bertz CT molecular complexity index is 243. The molecule has 2 N–H and O–H groups in total. The van der Waals surface area contributed by atoms with Crippen molar-refractivity contribution in [2.24, 2.45) is 5.92 Å². The van der Waals surface area contributed by atoms with Gasteiger partial charge in [0.15, 0.2) is 0 Å². The Morgan fingerprint density at radius 1 is 1.40 bits per heavy atom. The Morgan fingerprint density at radius 2 is 2.13 bits per heavy atom. The Balaban J connectivity index is 1.82. The fraction of sp³-hybridized carbons (Fsp3) is 0.909. The fourth-order valence-electron chi connectivity index (χ4n) is 2.40. The van der Waals surface area contributed by atoms with Gasteiger partial charge in [-0.3, -0.25) is 4.79 Å². The maximum atomic E-state index is 11.1. The van der Waals surface area contributed by atoms with Crippen LogP contribution in [0.25, 0.3) is 0 Å². The molecule has 3 nitrogen and oxygen atoms in total. The lowest BCUT2D eigenvalue weighted by atomic mass is 10.1. The Hall–Kier alpha value is -0.220. The molecule has 2 fully saturated rings. The van der Waals surface area contributed by atoms with Gasteiger partial charge in [0.25, 0.3) is 0 Å². The maximum Gasteiger partial charge on any atom is 0.320 e. The van der Waals surface area contributed by atoms with Crippen molar-refractivity contribution in [2.75, 3.05) is 6.26 Å². The van der Waals surface area contributed by atoms with Crippen molar-refractivity contribution in [1.82, 2.24) is 5.32 Å². The lowest BCUT2D eigenvalue weighted by Gasteiger charge is -2.19. The summed E-state index contributed by atoms with van der Waals surface area (Å²) in [5.74, 6) is -0.263. The molecule has 0 spiro atoms. The molecule has 3 atom stereocenters. The standard InChI is InChI=1S/C11H19NO2S/c1-15-9-5-4-8(6-9)12-10(11(13)14)7-2-3-7/h7-10,12H,2-6H2,1H3,(H,13,14). The van der Waals surface area contributed by atoms with E-state index in [1.54, 1.807) is 0 Å². The van der Waals surface area contributed by atoms with Crippen LogP contribution in [0.4, 0.5) is 0 Å². The summed E-state index contributed by atoms with van der Waals surface area (Å²) < 4.78 is 0. The van der Waals surface area contributed by atoms with Crippen LogP contribution in [-0.2, 0) is 4.79 Å². The van der Waals surface area contributed by atoms with Gasteiger partial charge in [-0.1, -0.05) is 0 Å². The summed E-state index contributed by atoms with van der Waals surface area (Å²) in [5, 5.41) is 13.2. The summed E-state index contributed by atoms with van der Waals surface area (Å²) in [5.41, 5.74) is 0. The molecule has 0 aromatic rings. The summed E-state index contributed by atoms with van der Waals surface area (Å²) in [6.07, 6.45) is 7.82. The molecule has 2 aliphatic rings. The van der Waals surface area contributed by atoms with Crippen molar-refractivity contribution in [1.29, 1.82) is 0 Å². The van der Waals surface area contributed by atoms with Gasteiger partial charge >= 0.3 is 5.97 Å². The minimum absolute atomic E-state index is 0.282. The summed E-state index contributed by atoms with van der Waals surface area (Å²) in [6.45, 7) is 0. The van der Waals surface area contributed by atoms with Gasteiger partial charge in [0.05, 0.1) is 0 Å². The summed E-state index contributed by atoms with van der Waals surface area (Å²) in [4.78, 5) is 11.1. The van der Waals surface area contributed by atoms with Crippen LogP contribution in [-0.4, -0.2) is 34.7 Å². The van der Waals surface area contributed by atoms with Gasteiger partial charge in [0, 0.05) is 11.3 Å². The SMILES string of the molecule is CSC1CCC(NC(C(=O)O)C2CC2)C1. The highest BCUT2D eigenvalue weighted by molar-refractivity contribution is 7.99. The van der Waals surface area contributed by atoms with Gasteiger partial charge in [-0.15, -0.1) is 0 Å². The minimum Gasteiger partial charge on any atom is -0.480 e. The monoisotopic (exact) mass is 229 g/mol. The van der Waals surface area contributed by atoms with E-state index in [0.717, 1.165) is 30.9 Å². The van der Waals surface area contributed by atoms with Crippen LogP contribution in [0.1, 0.15) is 32.1 Å². The van der Waals surface area contributed by atoms with Crippen LogP contribution >= 0.6 is 11.8 Å². The predicted octanol–water partition coefficient (Wildman–Crippen LogP) is 1.72. The number of carbonyl (C=O) groups is 1. The molecule has 3 unspecified atom stereocenters.